The minimum atomic E-state index is -0.547. The van der Waals surface area contributed by atoms with Crippen LogP contribution < -0.4 is 11.3 Å². The van der Waals surface area contributed by atoms with Crippen LogP contribution in [0.5, 0.6) is 0 Å². The van der Waals surface area contributed by atoms with E-state index in [0.29, 0.717) is 11.1 Å². The molecule has 1 aromatic rings. The molecule has 84 valence electrons. The zero-order valence-corrected chi connectivity index (χ0v) is 8.98. The molecule has 0 aliphatic rings. The summed E-state index contributed by atoms with van der Waals surface area (Å²) in [7, 11) is 0. The van der Waals surface area contributed by atoms with Crippen molar-refractivity contribution in [1.29, 1.82) is 0 Å². The fourth-order valence-corrected chi connectivity index (χ4v) is 1.56. The van der Waals surface area contributed by atoms with Gasteiger partial charge in [0.1, 0.15) is 11.6 Å². The fraction of sp³-hybridized carbons (Fsp3) is 0.455. The van der Waals surface area contributed by atoms with E-state index in [1.165, 1.54) is 6.07 Å². The minimum Gasteiger partial charge on any atom is -0.271 e. The Kier molecular flexibility index (Phi) is 4.17. The van der Waals surface area contributed by atoms with Gasteiger partial charge < -0.3 is 0 Å². The van der Waals surface area contributed by atoms with Crippen LogP contribution in [0.4, 0.5) is 8.78 Å². The first-order chi connectivity index (χ1) is 7.10. The third kappa shape index (κ3) is 2.73. The van der Waals surface area contributed by atoms with Crippen molar-refractivity contribution in [2.45, 2.75) is 32.7 Å². The van der Waals surface area contributed by atoms with Crippen molar-refractivity contribution in [2.24, 2.45) is 5.84 Å². The Labute approximate surface area is 88.4 Å². The molecule has 15 heavy (non-hydrogen) atoms. The molecule has 0 bridgehead atoms. The summed E-state index contributed by atoms with van der Waals surface area (Å²) >= 11 is 0. The highest BCUT2D eigenvalue weighted by molar-refractivity contribution is 5.28. The first-order valence-corrected chi connectivity index (χ1v) is 5.01. The maximum Gasteiger partial charge on any atom is 0.130 e. The molecule has 0 saturated carbocycles. The fourth-order valence-electron chi connectivity index (χ4n) is 1.56. The van der Waals surface area contributed by atoms with Crippen LogP contribution in [-0.2, 0) is 0 Å². The molecule has 1 unspecified atom stereocenters. The lowest BCUT2D eigenvalue weighted by Gasteiger charge is -2.16. The largest absolute Gasteiger partial charge is 0.271 e. The summed E-state index contributed by atoms with van der Waals surface area (Å²) in [5.41, 5.74) is 3.41. The number of rotatable bonds is 4. The van der Waals surface area contributed by atoms with E-state index in [0.717, 1.165) is 18.9 Å². The third-order valence-corrected chi connectivity index (χ3v) is 2.43. The second kappa shape index (κ2) is 5.19. The van der Waals surface area contributed by atoms with Crippen molar-refractivity contribution in [3.63, 3.8) is 0 Å². The molecule has 3 N–H and O–H groups in total. The van der Waals surface area contributed by atoms with E-state index < -0.39 is 11.6 Å². The van der Waals surface area contributed by atoms with Gasteiger partial charge in [0.25, 0.3) is 0 Å². The Morgan fingerprint density at radius 1 is 1.33 bits per heavy atom. The van der Waals surface area contributed by atoms with Gasteiger partial charge in [0.2, 0.25) is 0 Å². The number of halogens is 2. The molecule has 0 amide bonds. The van der Waals surface area contributed by atoms with Crippen molar-refractivity contribution >= 4 is 0 Å². The molecular weight excluding hydrogens is 198 g/mol. The first kappa shape index (κ1) is 12.1. The van der Waals surface area contributed by atoms with E-state index in [2.05, 4.69) is 5.43 Å². The smallest absolute Gasteiger partial charge is 0.130 e. The zero-order chi connectivity index (χ0) is 11.4. The Balaban J connectivity index is 3.06. The highest BCUT2D eigenvalue weighted by atomic mass is 19.1. The second-order valence-electron chi connectivity index (χ2n) is 3.63. The molecule has 0 aromatic heterocycles. The number of hydrogen-bond donors (Lipinski definition) is 2. The molecule has 0 aliphatic carbocycles. The van der Waals surface area contributed by atoms with Crippen molar-refractivity contribution in [2.75, 3.05) is 0 Å². The van der Waals surface area contributed by atoms with Crippen molar-refractivity contribution in [1.82, 2.24) is 5.43 Å². The van der Waals surface area contributed by atoms with E-state index in [9.17, 15) is 8.78 Å². The lowest BCUT2D eigenvalue weighted by atomic mass is 10.00. The molecule has 0 radical (unpaired) electrons. The van der Waals surface area contributed by atoms with Crippen LogP contribution in [0.25, 0.3) is 0 Å². The SMILES string of the molecule is CCCC(NN)c1cc(C)c(F)cc1F. The Morgan fingerprint density at radius 2 is 2.00 bits per heavy atom. The van der Waals surface area contributed by atoms with Gasteiger partial charge in [-0.25, -0.2) is 8.78 Å². The standard InChI is InChI=1S/C11H16F2N2/c1-3-4-11(15-14)8-5-7(2)9(12)6-10(8)13/h5-6,11,15H,3-4,14H2,1-2H3. The predicted octanol–water partition coefficient (Wildman–Crippen LogP) is 2.58. The zero-order valence-electron chi connectivity index (χ0n) is 8.98. The van der Waals surface area contributed by atoms with Crippen LogP contribution in [0.3, 0.4) is 0 Å². The van der Waals surface area contributed by atoms with Crippen LogP contribution in [0, 0.1) is 18.6 Å². The summed E-state index contributed by atoms with van der Waals surface area (Å²) in [6, 6.07) is 2.16. The second-order valence-corrected chi connectivity index (χ2v) is 3.63. The average molecular weight is 214 g/mol. The van der Waals surface area contributed by atoms with Gasteiger partial charge in [-0.3, -0.25) is 11.3 Å². The summed E-state index contributed by atoms with van der Waals surface area (Å²) in [5.74, 6) is 4.27. The Morgan fingerprint density at radius 3 is 2.53 bits per heavy atom. The van der Waals surface area contributed by atoms with Gasteiger partial charge in [0.15, 0.2) is 0 Å². The van der Waals surface area contributed by atoms with Gasteiger partial charge in [-0.15, -0.1) is 0 Å². The van der Waals surface area contributed by atoms with E-state index in [1.807, 2.05) is 6.92 Å². The van der Waals surface area contributed by atoms with Crippen LogP contribution in [0.1, 0.15) is 36.9 Å². The Hall–Kier alpha value is -1.00. The topological polar surface area (TPSA) is 38.0 Å². The third-order valence-electron chi connectivity index (χ3n) is 2.43. The molecule has 1 rings (SSSR count). The Bertz CT molecular complexity index is 340. The number of nitrogens with two attached hydrogens (primary N) is 1. The van der Waals surface area contributed by atoms with E-state index in [4.69, 9.17) is 5.84 Å². The van der Waals surface area contributed by atoms with Gasteiger partial charge in [0.05, 0.1) is 0 Å². The van der Waals surface area contributed by atoms with E-state index in [1.54, 1.807) is 6.92 Å². The number of hydrogen-bond acceptors (Lipinski definition) is 2. The van der Waals surface area contributed by atoms with Crippen LogP contribution in [-0.4, -0.2) is 0 Å². The molecule has 1 atom stereocenters. The number of hydrazine groups is 1. The summed E-state index contributed by atoms with van der Waals surface area (Å²) in [4.78, 5) is 0. The molecule has 0 spiro atoms. The van der Waals surface area contributed by atoms with Crippen LogP contribution in [0.15, 0.2) is 12.1 Å². The molecule has 1 aromatic carbocycles. The molecule has 0 fully saturated rings. The van der Waals surface area contributed by atoms with E-state index >= 15 is 0 Å². The predicted molar refractivity (Wildman–Crippen MR) is 56.1 cm³/mol. The molecular formula is C11H16F2N2. The maximum absolute atomic E-state index is 13.5. The van der Waals surface area contributed by atoms with Gasteiger partial charge in [-0.2, -0.15) is 0 Å². The molecule has 0 heterocycles. The highest BCUT2D eigenvalue weighted by Crippen LogP contribution is 2.23. The number of aryl methyl sites for hydroxylation is 1. The van der Waals surface area contributed by atoms with Gasteiger partial charge in [-0.05, 0) is 25.0 Å². The van der Waals surface area contributed by atoms with Crippen molar-refractivity contribution < 1.29 is 8.78 Å². The highest BCUT2D eigenvalue weighted by Gasteiger charge is 2.15. The molecule has 4 heteroatoms. The lowest BCUT2D eigenvalue weighted by Crippen LogP contribution is -2.28. The van der Waals surface area contributed by atoms with Crippen LogP contribution >= 0.6 is 0 Å². The van der Waals surface area contributed by atoms with E-state index in [-0.39, 0.29) is 6.04 Å². The molecule has 0 saturated heterocycles. The summed E-state index contributed by atoms with van der Waals surface area (Å²) in [6.07, 6.45) is 1.60. The molecule has 2 nitrogen and oxygen atoms in total. The summed E-state index contributed by atoms with van der Waals surface area (Å²) in [6.45, 7) is 3.59. The molecule has 0 aliphatic heterocycles. The van der Waals surface area contributed by atoms with Gasteiger partial charge in [-0.1, -0.05) is 13.3 Å². The quantitative estimate of drug-likeness (QED) is 0.597. The van der Waals surface area contributed by atoms with Crippen molar-refractivity contribution in [3.05, 3.63) is 34.9 Å². The van der Waals surface area contributed by atoms with Gasteiger partial charge >= 0.3 is 0 Å². The number of nitrogens with one attached hydrogen (secondary N) is 1. The van der Waals surface area contributed by atoms with Gasteiger partial charge in [0, 0.05) is 17.7 Å². The number of benzene rings is 1. The first-order valence-electron chi connectivity index (χ1n) is 5.01. The lowest BCUT2D eigenvalue weighted by molar-refractivity contribution is 0.475. The normalized spacial score (nSPS) is 12.9. The van der Waals surface area contributed by atoms with Crippen LogP contribution in [0.2, 0.25) is 0 Å². The summed E-state index contributed by atoms with van der Waals surface area (Å²) < 4.78 is 26.5. The summed E-state index contributed by atoms with van der Waals surface area (Å²) in [5, 5.41) is 0. The average Bonchev–Trinajstić information content (AvgIpc) is 2.20. The van der Waals surface area contributed by atoms with Crippen molar-refractivity contribution in [3.8, 4) is 0 Å². The maximum atomic E-state index is 13.5. The monoisotopic (exact) mass is 214 g/mol. The minimum absolute atomic E-state index is 0.255.